The van der Waals surface area contributed by atoms with Gasteiger partial charge in [0.2, 0.25) is 0 Å². The van der Waals surface area contributed by atoms with Crippen LogP contribution >= 0.6 is 0 Å². The van der Waals surface area contributed by atoms with Crippen molar-refractivity contribution in [2.75, 3.05) is 24.6 Å². The molecule has 0 radical (unpaired) electrons. The molecule has 2 aromatic rings. The number of rotatable bonds is 4. The summed E-state index contributed by atoms with van der Waals surface area (Å²) >= 11 is 0. The van der Waals surface area contributed by atoms with E-state index in [-0.39, 0.29) is 5.60 Å². The van der Waals surface area contributed by atoms with Crippen LogP contribution in [0, 0.1) is 0 Å². The average Bonchev–Trinajstić information content (AvgIpc) is 2.62. The summed E-state index contributed by atoms with van der Waals surface area (Å²) in [6, 6.07) is 6.01. The van der Waals surface area contributed by atoms with Gasteiger partial charge in [0.15, 0.2) is 5.82 Å². The van der Waals surface area contributed by atoms with Gasteiger partial charge in [-0.25, -0.2) is 9.97 Å². The second kappa shape index (κ2) is 6.62. The zero-order valence-corrected chi connectivity index (χ0v) is 14.1. The summed E-state index contributed by atoms with van der Waals surface area (Å²) in [5.41, 5.74) is 1.96. The van der Waals surface area contributed by atoms with E-state index in [0.29, 0.717) is 0 Å². The highest BCUT2D eigenvalue weighted by molar-refractivity contribution is 5.57. The molecule has 122 valence electrons. The second-order valence-corrected chi connectivity index (χ2v) is 6.20. The molecule has 5 nitrogen and oxygen atoms in total. The number of hydrogen-bond acceptors (Lipinski definition) is 5. The molecule has 3 rings (SSSR count). The molecule has 0 spiro atoms. The van der Waals surface area contributed by atoms with E-state index in [9.17, 15) is 0 Å². The van der Waals surface area contributed by atoms with E-state index in [4.69, 9.17) is 9.72 Å². The van der Waals surface area contributed by atoms with Gasteiger partial charge in [0, 0.05) is 42.8 Å². The van der Waals surface area contributed by atoms with Crippen molar-refractivity contribution >= 4 is 5.82 Å². The number of pyridine rings is 1. The van der Waals surface area contributed by atoms with Gasteiger partial charge in [-0.05, 0) is 31.9 Å². The Kier molecular flexibility index (Phi) is 4.57. The van der Waals surface area contributed by atoms with Crippen LogP contribution in [0.3, 0.4) is 0 Å². The predicted molar refractivity (Wildman–Crippen MR) is 91.5 cm³/mol. The first-order chi connectivity index (χ1) is 11.1. The Morgan fingerprint density at radius 3 is 2.70 bits per heavy atom. The number of nitrogens with zero attached hydrogens (tertiary/aromatic N) is 4. The molecule has 0 N–H and O–H groups in total. The molecule has 1 saturated heterocycles. The molecule has 1 atom stereocenters. The fourth-order valence-corrected chi connectivity index (χ4v) is 2.80. The maximum Gasteiger partial charge on any atom is 0.161 e. The summed E-state index contributed by atoms with van der Waals surface area (Å²) in [6.45, 7) is 8.93. The van der Waals surface area contributed by atoms with Crippen LogP contribution in [0.1, 0.15) is 32.9 Å². The largest absolute Gasteiger partial charge is 0.372 e. The normalized spacial score (nSPS) is 21.4. The van der Waals surface area contributed by atoms with Crippen molar-refractivity contribution in [2.45, 2.75) is 39.2 Å². The Bertz CT molecular complexity index is 661. The standard InChI is InChI=1S/C18H24N4O/c1-4-15-12-16(22-10-11-23-18(3,5-2)13-22)21-17(20-15)14-6-8-19-9-7-14/h6-9,12H,4-5,10-11,13H2,1-3H3. The fourth-order valence-electron chi connectivity index (χ4n) is 2.80. The van der Waals surface area contributed by atoms with Crippen LogP contribution in [0.15, 0.2) is 30.6 Å². The van der Waals surface area contributed by atoms with Crippen LogP contribution < -0.4 is 4.90 Å². The Labute approximate surface area is 137 Å². The minimum atomic E-state index is -0.105. The Morgan fingerprint density at radius 2 is 2.00 bits per heavy atom. The maximum absolute atomic E-state index is 5.94. The Balaban J connectivity index is 1.96. The van der Waals surface area contributed by atoms with Crippen molar-refractivity contribution in [2.24, 2.45) is 0 Å². The quantitative estimate of drug-likeness (QED) is 0.868. The van der Waals surface area contributed by atoms with E-state index in [2.05, 4.69) is 41.7 Å². The summed E-state index contributed by atoms with van der Waals surface area (Å²) in [5.74, 6) is 1.76. The van der Waals surface area contributed by atoms with Crippen molar-refractivity contribution in [3.05, 3.63) is 36.3 Å². The van der Waals surface area contributed by atoms with Gasteiger partial charge in [-0.3, -0.25) is 4.98 Å². The van der Waals surface area contributed by atoms with Gasteiger partial charge in [0.1, 0.15) is 5.82 Å². The Morgan fingerprint density at radius 1 is 1.22 bits per heavy atom. The smallest absolute Gasteiger partial charge is 0.161 e. The molecule has 0 aromatic carbocycles. The molecule has 0 saturated carbocycles. The number of ether oxygens (including phenoxy) is 1. The zero-order chi connectivity index (χ0) is 16.3. The SMILES string of the molecule is CCc1cc(N2CCOC(C)(CC)C2)nc(-c2ccncc2)n1. The summed E-state index contributed by atoms with van der Waals surface area (Å²) in [7, 11) is 0. The van der Waals surface area contributed by atoms with Crippen LogP contribution in [0.2, 0.25) is 0 Å². The summed E-state index contributed by atoms with van der Waals surface area (Å²) in [5, 5.41) is 0. The van der Waals surface area contributed by atoms with Crippen LogP contribution in [0.4, 0.5) is 5.82 Å². The fraction of sp³-hybridized carbons (Fsp3) is 0.500. The second-order valence-electron chi connectivity index (χ2n) is 6.20. The first kappa shape index (κ1) is 15.9. The lowest BCUT2D eigenvalue weighted by molar-refractivity contribution is -0.0443. The topological polar surface area (TPSA) is 51.1 Å². The van der Waals surface area contributed by atoms with Gasteiger partial charge in [-0.15, -0.1) is 0 Å². The molecule has 0 bridgehead atoms. The molecule has 0 amide bonds. The Hall–Kier alpha value is -2.01. The van der Waals surface area contributed by atoms with Crippen LogP contribution in [-0.4, -0.2) is 40.2 Å². The molecule has 1 fully saturated rings. The number of hydrogen-bond donors (Lipinski definition) is 0. The monoisotopic (exact) mass is 312 g/mol. The average molecular weight is 312 g/mol. The van der Waals surface area contributed by atoms with Crippen molar-refractivity contribution in [1.29, 1.82) is 0 Å². The number of anilines is 1. The third-order valence-electron chi connectivity index (χ3n) is 4.48. The van der Waals surface area contributed by atoms with Crippen molar-refractivity contribution in [3.63, 3.8) is 0 Å². The van der Waals surface area contributed by atoms with Crippen LogP contribution in [-0.2, 0) is 11.2 Å². The predicted octanol–water partition coefficient (Wildman–Crippen LogP) is 3.11. The zero-order valence-electron chi connectivity index (χ0n) is 14.1. The lowest BCUT2D eigenvalue weighted by atomic mass is 10.0. The van der Waals surface area contributed by atoms with Gasteiger partial charge >= 0.3 is 0 Å². The number of morpholine rings is 1. The minimum absolute atomic E-state index is 0.105. The first-order valence-electron chi connectivity index (χ1n) is 8.31. The highest BCUT2D eigenvalue weighted by atomic mass is 16.5. The molecule has 3 heterocycles. The lowest BCUT2D eigenvalue weighted by Crippen LogP contribution is -2.50. The van der Waals surface area contributed by atoms with Crippen molar-refractivity contribution in [1.82, 2.24) is 15.0 Å². The molecular weight excluding hydrogens is 288 g/mol. The molecule has 23 heavy (non-hydrogen) atoms. The lowest BCUT2D eigenvalue weighted by Gasteiger charge is -2.40. The van der Waals surface area contributed by atoms with E-state index in [1.165, 1.54) is 0 Å². The van der Waals surface area contributed by atoms with E-state index in [0.717, 1.165) is 55.4 Å². The minimum Gasteiger partial charge on any atom is -0.372 e. The summed E-state index contributed by atoms with van der Waals surface area (Å²) < 4.78 is 5.94. The summed E-state index contributed by atoms with van der Waals surface area (Å²) in [4.78, 5) is 15.9. The van der Waals surface area contributed by atoms with E-state index < -0.39 is 0 Å². The third kappa shape index (κ3) is 3.50. The van der Waals surface area contributed by atoms with E-state index >= 15 is 0 Å². The van der Waals surface area contributed by atoms with Gasteiger partial charge < -0.3 is 9.64 Å². The summed E-state index contributed by atoms with van der Waals surface area (Å²) in [6.07, 6.45) is 5.44. The maximum atomic E-state index is 5.94. The molecule has 1 aliphatic rings. The van der Waals surface area contributed by atoms with Gasteiger partial charge in [0.05, 0.1) is 12.2 Å². The van der Waals surface area contributed by atoms with Crippen molar-refractivity contribution in [3.8, 4) is 11.4 Å². The number of aryl methyl sites for hydroxylation is 1. The highest BCUT2D eigenvalue weighted by Crippen LogP contribution is 2.26. The van der Waals surface area contributed by atoms with Gasteiger partial charge in [0.25, 0.3) is 0 Å². The molecule has 5 heteroatoms. The van der Waals surface area contributed by atoms with Crippen LogP contribution in [0.5, 0.6) is 0 Å². The van der Waals surface area contributed by atoms with Crippen molar-refractivity contribution < 1.29 is 4.74 Å². The van der Waals surface area contributed by atoms with Gasteiger partial charge in [-0.1, -0.05) is 13.8 Å². The molecule has 1 unspecified atom stereocenters. The highest BCUT2D eigenvalue weighted by Gasteiger charge is 2.31. The molecule has 2 aromatic heterocycles. The van der Waals surface area contributed by atoms with E-state index in [1.807, 2.05) is 12.1 Å². The molecule has 0 aliphatic carbocycles. The van der Waals surface area contributed by atoms with Gasteiger partial charge in [-0.2, -0.15) is 0 Å². The third-order valence-corrected chi connectivity index (χ3v) is 4.48. The molecular formula is C18H24N4O. The first-order valence-corrected chi connectivity index (χ1v) is 8.31. The van der Waals surface area contributed by atoms with E-state index in [1.54, 1.807) is 12.4 Å². The van der Waals surface area contributed by atoms with Crippen LogP contribution in [0.25, 0.3) is 11.4 Å². The molecule has 1 aliphatic heterocycles. The number of aromatic nitrogens is 3.